The third-order valence-electron chi connectivity index (χ3n) is 3.38. The fraction of sp³-hybridized carbons (Fsp3) is 0.263. The Hall–Kier alpha value is -2.62. The predicted molar refractivity (Wildman–Crippen MR) is 92.9 cm³/mol. The lowest BCUT2D eigenvalue weighted by Gasteiger charge is -2.12. The van der Waals surface area contributed by atoms with Crippen LogP contribution in [0.15, 0.2) is 53.6 Å². The van der Waals surface area contributed by atoms with Crippen LogP contribution in [0.4, 0.5) is 0 Å². The van der Waals surface area contributed by atoms with Gasteiger partial charge in [-0.15, -0.1) is 0 Å². The van der Waals surface area contributed by atoms with E-state index in [9.17, 15) is 4.79 Å². The van der Waals surface area contributed by atoms with Crippen LogP contribution in [0.2, 0.25) is 0 Å². The summed E-state index contributed by atoms with van der Waals surface area (Å²) >= 11 is 0. The van der Waals surface area contributed by atoms with Gasteiger partial charge in [0, 0.05) is 0 Å². The Morgan fingerprint density at radius 3 is 2.57 bits per heavy atom. The second kappa shape index (κ2) is 8.13. The van der Waals surface area contributed by atoms with Crippen molar-refractivity contribution in [3.63, 3.8) is 0 Å². The molecule has 0 aliphatic heterocycles. The molecule has 0 unspecified atom stereocenters. The van der Waals surface area contributed by atoms with Crippen LogP contribution in [0.1, 0.15) is 36.5 Å². The first-order valence-electron chi connectivity index (χ1n) is 7.66. The molecule has 0 radical (unpaired) electrons. The fourth-order valence-electron chi connectivity index (χ4n) is 2.10. The molecule has 0 saturated heterocycles. The maximum atomic E-state index is 11.8. The Morgan fingerprint density at radius 1 is 1.17 bits per heavy atom. The van der Waals surface area contributed by atoms with E-state index in [4.69, 9.17) is 4.74 Å². The van der Waals surface area contributed by atoms with Gasteiger partial charge in [-0.05, 0) is 30.0 Å². The fourth-order valence-corrected chi connectivity index (χ4v) is 2.10. The molecule has 2 aromatic rings. The Balaban J connectivity index is 1.85. The smallest absolute Gasteiger partial charge is 0.277 e. The molecule has 0 heterocycles. The summed E-state index contributed by atoms with van der Waals surface area (Å²) in [5.74, 6) is 0.793. The number of ether oxygens (including phenoxy) is 1. The monoisotopic (exact) mass is 310 g/mol. The van der Waals surface area contributed by atoms with Crippen molar-refractivity contribution in [1.82, 2.24) is 5.43 Å². The Kier molecular flexibility index (Phi) is 5.92. The van der Waals surface area contributed by atoms with E-state index in [1.165, 1.54) is 5.56 Å². The second-order valence-electron chi connectivity index (χ2n) is 5.69. The molecule has 1 amide bonds. The van der Waals surface area contributed by atoms with Gasteiger partial charge in [-0.25, -0.2) is 5.43 Å². The van der Waals surface area contributed by atoms with Crippen LogP contribution in [0.25, 0.3) is 0 Å². The Bertz CT molecular complexity index is 676. The summed E-state index contributed by atoms with van der Waals surface area (Å²) in [5, 5.41) is 3.94. The van der Waals surface area contributed by atoms with Gasteiger partial charge in [0.15, 0.2) is 6.61 Å². The van der Waals surface area contributed by atoms with Crippen LogP contribution in [0.3, 0.4) is 0 Å². The number of hydrogen-bond acceptors (Lipinski definition) is 3. The molecule has 0 atom stereocenters. The number of nitrogens with one attached hydrogen (secondary N) is 1. The molecule has 4 nitrogen and oxygen atoms in total. The number of nitrogens with zero attached hydrogens (tertiary/aromatic N) is 1. The lowest BCUT2D eigenvalue weighted by Crippen LogP contribution is -2.24. The molecule has 4 heteroatoms. The molecule has 1 N–H and O–H groups in total. The molecular formula is C19H22N2O2. The zero-order valence-electron chi connectivity index (χ0n) is 13.7. The quantitative estimate of drug-likeness (QED) is 0.654. The maximum Gasteiger partial charge on any atom is 0.277 e. The van der Waals surface area contributed by atoms with Crippen molar-refractivity contribution in [2.75, 3.05) is 6.61 Å². The summed E-state index contributed by atoms with van der Waals surface area (Å²) in [7, 11) is 0. The van der Waals surface area contributed by atoms with E-state index < -0.39 is 0 Å². The van der Waals surface area contributed by atoms with Crippen molar-refractivity contribution in [3.05, 3.63) is 65.2 Å². The number of carbonyl (C=O) groups excluding carboxylic acids is 1. The third-order valence-corrected chi connectivity index (χ3v) is 3.38. The van der Waals surface area contributed by atoms with Crippen LogP contribution in [-0.2, 0) is 4.79 Å². The van der Waals surface area contributed by atoms with Crippen molar-refractivity contribution in [3.8, 4) is 5.75 Å². The van der Waals surface area contributed by atoms with Gasteiger partial charge in [0.2, 0.25) is 0 Å². The molecule has 2 aromatic carbocycles. The van der Waals surface area contributed by atoms with E-state index in [2.05, 4.69) is 24.4 Å². The van der Waals surface area contributed by atoms with Crippen LogP contribution < -0.4 is 10.2 Å². The second-order valence-corrected chi connectivity index (χ2v) is 5.69. The molecule has 0 fully saturated rings. The maximum absolute atomic E-state index is 11.8. The predicted octanol–water partition coefficient (Wildman–Crippen LogP) is 3.65. The summed E-state index contributed by atoms with van der Waals surface area (Å²) in [6, 6.07) is 15.6. The topological polar surface area (TPSA) is 50.7 Å². The van der Waals surface area contributed by atoms with E-state index in [0.29, 0.717) is 5.92 Å². The summed E-state index contributed by atoms with van der Waals surface area (Å²) in [4.78, 5) is 11.8. The minimum absolute atomic E-state index is 0.0605. The molecule has 0 spiro atoms. The number of hydrazone groups is 1. The van der Waals surface area contributed by atoms with Crippen molar-refractivity contribution in [1.29, 1.82) is 0 Å². The van der Waals surface area contributed by atoms with Crippen molar-refractivity contribution in [2.45, 2.75) is 26.7 Å². The van der Waals surface area contributed by atoms with E-state index in [1.807, 2.05) is 55.5 Å². The number of carbonyl (C=O) groups is 1. The standard InChI is InChI=1S/C19H22N2O2/c1-14(2)17-6-4-5-7-18(17)23-13-19(22)21-20-12-16-10-8-15(3)9-11-16/h4-12,14H,13H2,1-3H3,(H,21,22). The lowest BCUT2D eigenvalue weighted by molar-refractivity contribution is -0.123. The number of rotatable bonds is 6. The van der Waals surface area contributed by atoms with Crippen LogP contribution >= 0.6 is 0 Å². The van der Waals surface area contributed by atoms with Gasteiger partial charge < -0.3 is 4.74 Å². The molecule has 0 aromatic heterocycles. The van der Waals surface area contributed by atoms with E-state index in [0.717, 1.165) is 16.9 Å². The van der Waals surface area contributed by atoms with Crippen LogP contribution in [-0.4, -0.2) is 18.7 Å². The first-order chi connectivity index (χ1) is 11.1. The lowest BCUT2D eigenvalue weighted by atomic mass is 10.0. The SMILES string of the molecule is Cc1ccc(C=NNC(=O)COc2ccccc2C(C)C)cc1. The highest BCUT2D eigenvalue weighted by Gasteiger charge is 2.08. The van der Waals surface area contributed by atoms with E-state index in [-0.39, 0.29) is 12.5 Å². The summed E-state index contributed by atoms with van der Waals surface area (Å²) in [6.07, 6.45) is 1.61. The first kappa shape index (κ1) is 16.7. The first-order valence-corrected chi connectivity index (χ1v) is 7.66. The summed E-state index contributed by atoms with van der Waals surface area (Å²) in [6.45, 7) is 6.15. The van der Waals surface area contributed by atoms with Crippen molar-refractivity contribution >= 4 is 12.1 Å². The number of para-hydroxylation sites is 1. The Labute approximate surface area is 137 Å². The highest BCUT2D eigenvalue weighted by molar-refractivity contribution is 5.82. The number of benzene rings is 2. The van der Waals surface area contributed by atoms with Crippen LogP contribution in [0.5, 0.6) is 5.75 Å². The van der Waals surface area contributed by atoms with Gasteiger partial charge in [-0.1, -0.05) is 61.9 Å². The van der Waals surface area contributed by atoms with Gasteiger partial charge in [0.05, 0.1) is 6.21 Å². The number of hydrogen-bond donors (Lipinski definition) is 1. The van der Waals surface area contributed by atoms with E-state index in [1.54, 1.807) is 6.21 Å². The van der Waals surface area contributed by atoms with Gasteiger partial charge >= 0.3 is 0 Å². The molecular weight excluding hydrogens is 288 g/mol. The van der Waals surface area contributed by atoms with Gasteiger partial charge in [-0.3, -0.25) is 4.79 Å². The number of amides is 1. The van der Waals surface area contributed by atoms with Crippen LogP contribution in [0, 0.1) is 6.92 Å². The average molecular weight is 310 g/mol. The minimum atomic E-state index is -0.285. The molecule has 23 heavy (non-hydrogen) atoms. The van der Waals surface area contributed by atoms with Crippen molar-refractivity contribution in [2.24, 2.45) is 5.10 Å². The third kappa shape index (κ3) is 5.25. The molecule has 0 saturated carbocycles. The highest BCUT2D eigenvalue weighted by Crippen LogP contribution is 2.25. The minimum Gasteiger partial charge on any atom is -0.483 e. The van der Waals surface area contributed by atoms with E-state index >= 15 is 0 Å². The average Bonchev–Trinajstić information content (AvgIpc) is 2.55. The largest absolute Gasteiger partial charge is 0.483 e. The van der Waals surface area contributed by atoms with Gasteiger partial charge in [-0.2, -0.15) is 5.10 Å². The summed E-state index contributed by atoms with van der Waals surface area (Å²) < 4.78 is 5.59. The molecule has 0 aliphatic carbocycles. The Morgan fingerprint density at radius 2 is 1.87 bits per heavy atom. The number of aryl methyl sites for hydroxylation is 1. The molecule has 0 bridgehead atoms. The van der Waals surface area contributed by atoms with Gasteiger partial charge in [0.1, 0.15) is 5.75 Å². The summed E-state index contributed by atoms with van der Waals surface area (Å²) in [5.41, 5.74) is 5.67. The molecule has 0 aliphatic rings. The van der Waals surface area contributed by atoms with Gasteiger partial charge in [0.25, 0.3) is 5.91 Å². The zero-order chi connectivity index (χ0) is 16.7. The molecule has 120 valence electrons. The van der Waals surface area contributed by atoms with Crippen molar-refractivity contribution < 1.29 is 9.53 Å². The highest BCUT2D eigenvalue weighted by atomic mass is 16.5. The zero-order valence-corrected chi connectivity index (χ0v) is 13.7. The normalized spacial score (nSPS) is 11.0. The molecule has 2 rings (SSSR count).